The van der Waals surface area contributed by atoms with Crippen LogP contribution in [0, 0.1) is 11.3 Å². The molecule has 0 spiro atoms. The van der Waals surface area contributed by atoms with Crippen LogP contribution in [0.25, 0.3) is 0 Å². The number of allylic oxidation sites excluding steroid dienone is 2. The van der Waals surface area contributed by atoms with Gasteiger partial charge in [-0.25, -0.2) is 0 Å². The van der Waals surface area contributed by atoms with E-state index in [4.69, 9.17) is 0 Å². The maximum absolute atomic E-state index is 12.1. The first-order chi connectivity index (χ1) is 8.23. The van der Waals surface area contributed by atoms with E-state index >= 15 is 0 Å². The van der Waals surface area contributed by atoms with E-state index in [2.05, 4.69) is 18.8 Å². The number of nitrogens with zero attached hydrogens (tertiary/aromatic N) is 1. The number of hydrogen-bond acceptors (Lipinski definition) is 3. The van der Waals surface area contributed by atoms with Gasteiger partial charge in [0.1, 0.15) is 5.76 Å². The number of aliphatic hydroxyl groups is 1. The van der Waals surface area contributed by atoms with E-state index in [0.29, 0.717) is 30.0 Å². The number of carbonyl (C=O) groups excluding carboxylic acids is 1. The van der Waals surface area contributed by atoms with Crippen molar-refractivity contribution in [1.29, 1.82) is 0 Å². The van der Waals surface area contributed by atoms with E-state index < -0.39 is 0 Å². The molecule has 1 rings (SSSR count). The molecule has 1 N–H and O–H groups in total. The quantitative estimate of drug-likeness (QED) is 0.775. The van der Waals surface area contributed by atoms with Crippen molar-refractivity contribution in [3.63, 3.8) is 0 Å². The van der Waals surface area contributed by atoms with E-state index in [1.807, 2.05) is 20.8 Å². The maximum atomic E-state index is 12.1. The predicted octanol–water partition coefficient (Wildman–Crippen LogP) is 3.69. The largest absolute Gasteiger partial charge is 0.511 e. The molecule has 102 valence electrons. The van der Waals surface area contributed by atoms with Crippen molar-refractivity contribution >= 4 is 11.5 Å². The fourth-order valence-corrected chi connectivity index (χ4v) is 2.27. The highest BCUT2D eigenvalue weighted by Crippen LogP contribution is 2.36. The molecule has 0 bridgehead atoms. The molecule has 1 aliphatic carbocycles. The van der Waals surface area contributed by atoms with Crippen LogP contribution in [0.1, 0.15) is 53.9 Å². The maximum Gasteiger partial charge on any atom is 0.168 e. The molecule has 0 aromatic carbocycles. The van der Waals surface area contributed by atoms with Crippen LogP contribution >= 0.6 is 0 Å². The molecule has 3 heteroatoms. The molecule has 0 saturated heterocycles. The summed E-state index contributed by atoms with van der Waals surface area (Å²) in [7, 11) is 0. The van der Waals surface area contributed by atoms with Crippen molar-refractivity contribution in [3.8, 4) is 0 Å². The van der Waals surface area contributed by atoms with E-state index in [-0.39, 0.29) is 17.0 Å². The summed E-state index contributed by atoms with van der Waals surface area (Å²) in [5.74, 6) is 0.835. The Morgan fingerprint density at radius 3 is 2.50 bits per heavy atom. The van der Waals surface area contributed by atoms with Crippen LogP contribution < -0.4 is 0 Å². The van der Waals surface area contributed by atoms with Crippen LogP contribution in [-0.4, -0.2) is 23.1 Å². The fourth-order valence-electron chi connectivity index (χ4n) is 2.27. The summed E-state index contributed by atoms with van der Waals surface area (Å²) in [5, 5.41) is 10.0. The Kier molecular flexibility index (Phi) is 4.71. The molecule has 0 aromatic rings. The van der Waals surface area contributed by atoms with Crippen molar-refractivity contribution in [2.75, 3.05) is 6.54 Å². The van der Waals surface area contributed by atoms with E-state index in [1.165, 1.54) is 0 Å². The minimum absolute atomic E-state index is 0.0227. The molecule has 1 aliphatic rings. The van der Waals surface area contributed by atoms with Crippen molar-refractivity contribution in [2.24, 2.45) is 16.3 Å². The number of aliphatic imine (C=N–C) groups is 1. The average molecular weight is 251 g/mol. The van der Waals surface area contributed by atoms with Gasteiger partial charge in [-0.1, -0.05) is 27.7 Å². The number of carbonyl (C=O) groups is 1. The van der Waals surface area contributed by atoms with Gasteiger partial charge in [0.15, 0.2) is 5.78 Å². The summed E-state index contributed by atoms with van der Waals surface area (Å²) < 4.78 is 0. The van der Waals surface area contributed by atoms with Gasteiger partial charge in [0, 0.05) is 25.1 Å². The van der Waals surface area contributed by atoms with Crippen LogP contribution in [0.5, 0.6) is 0 Å². The van der Waals surface area contributed by atoms with Gasteiger partial charge in [0.05, 0.1) is 5.57 Å². The Hall–Kier alpha value is -1.12. The molecule has 3 nitrogen and oxygen atoms in total. The van der Waals surface area contributed by atoms with Gasteiger partial charge in [-0.15, -0.1) is 0 Å². The van der Waals surface area contributed by atoms with Crippen LogP contribution in [-0.2, 0) is 4.79 Å². The van der Waals surface area contributed by atoms with Crippen molar-refractivity contribution in [3.05, 3.63) is 11.3 Å². The molecule has 0 heterocycles. The zero-order valence-electron chi connectivity index (χ0n) is 12.2. The Morgan fingerprint density at radius 1 is 1.39 bits per heavy atom. The second kappa shape index (κ2) is 5.68. The summed E-state index contributed by atoms with van der Waals surface area (Å²) >= 11 is 0. The number of hydrogen-bond donors (Lipinski definition) is 1. The lowest BCUT2D eigenvalue weighted by molar-refractivity contribution is -0.117. The van der Waals surface area contributed by atoms with Gasteiger partial charge in [-0.2, -0.15) is 0 Å². The van der Waals surface area contributed by atoms with Gasteiger partial charge in [0.25, 0.3) is 0 Å². The van der Waals surface area contributed by atoms with Crippen LogP contribution in [0.3, 0.4) is 0 Å². The third-order valence-electron chi connectivity index (χ3n) is 3.27. The Balaban J connectivity index is 2.84. The topological polar surface area (TPSA) is 49.7 Å². The second-order valence-corrected chi connectivity index (χ2v) is 6.41. The summed E-state index contributed by atoms with van der Waals surface area (Å²) in [6, 6.07) is 0. The SMILES string of the molecule is CC(=NCCC(C)C)C1=C(O)CC(C)(C)CC1=O. The van der Waals surface area contributed by atoms with Crippen molar-refractivity contribution < 1.29 is 9.90 Å². The van der Waals surface area contributed by atoms with Crippen LogP contribution in [0.2, 0.25) is 0 Å². The number of rotatable bonds is 4. The second-order valence-electron chi connectivity index (χ2n) is 6.41. The Morgan fingerprint density at radius 2 is 2.00 bits per heavy atom. The smallest absolute Gasteiger partial charge is 0.168 e. The first-order valence-corrected chi connectivity index (χ1v) is 6.69. The van der Waals surface area contributed by atoms with Crippen molar-refractivity contribution in [1.82, 2.24) is 0 Å². The molecular weight excluding hydrogens is 226 g/mol. The minimum atomic E-state index is -0.136. The highest BCUT2D eigenvalue weighted by molar-refractivity contribution is 6.22. The van der Waals surface area contributed by atoms with Gasteiger partial charge in [0.2, 0.25) is 0 Å². The lowest BCUT2D eigenvalue weighted by Crippen LogP contribution is -2.28. The van der Waals surface area contributed by atoms with Gasteiger partial charge < -0.3 is 5.11 Å². The van der Waals surface area contributed by atoms with Crippen LogP contribution in [0.4, 0.5) is 0 Å². The third kappa shape index (κ3) is 3.97. The monoisotopic (exact) mass is 251 g/mol. The highest BCUT2D eigenvalue weighted by atomic mass is 16.3. The normalized spacial score (nSPS) is 20.8. The zero-order valence-corrected chi connectivity index (χ0v) is 12.2. The van der Waals surface area contributed by atoms with Crippen LogP contribution in [0.15, 0.2) is 16.3 Å². The van der Waals surface area contributed by atoms with E-state index in [1.54, 1.807) is 0 Å². The standard InChI is InChI=1S/C15H25NO2/c1-10(2)6-7-16-11(3)14-12(17)8-15(4,5)9-13(14)18/h10,17H,6-9H2,1-5H3. The molecule has 0 unspecified atom stereocenters. The molecule has 0 fully saturated rings. The molecule has 0 atom stereocenters. The molecule has 0 aliphatic heterocycles. The lowest BCUT2D eigenvalue weighted by Gasteiger charge is -2.29. The molecule has 0 radical (unpaired) electrons. The Bertz CT molecular complexity index is 389. The molecular formula is C15H25NO2. The molecule has 0 saturated carbocycles. The zero-order chi connectivity index (χ0) is 13.9. The third-order valence-corrected chi connectivity index (χ3v) is 3.27. The summed E-state index contributed by atoms with van der Waals surface area (Å²) in [6.45, 7) is 10.8. The molecule has 18 heavy (non-hydrogen) atoms. The average Bonchev–Trinajstić information content (AvgIpc) is 2.12. The summed E-state index contributed by atoms with van der Waals surface area (Å²) in [6.07, 6.45) is 2.06. The summed E-state index contributed by atoms with van der Waals surface area (Å²) in [5.41, 5.74) is 1.01. The number of aliphatic hydroxyl groups excluding tert-OH is 1. The Labute approximate surface area is 110 Å². The molecule has 0 aromatic heterocycles. The summed E-state index contributed by atoms with van der Waals surface area (Å²) in [4.78, 5) is 16.5. The van der Waals surface area contributed by atoms with E-state index in [9.17, 15) is 9.90 Å². The lowest BCUT2D eigenvalue weighted by atomic mass is 9.76. The highest BCUT2D eigenvalue weighted by Gasteiger charge is 2.33. The number of Topliss-reactive ketones (excluding diaryl/α,β-unsaturated/α-hetero) is 1. The van der Waals surface area contributed by atoms with E-state index in [0.717, 1.165) is 13.0 Å². The van der Waals surface area contributed by atoms with Gasteiger partial charge in [-0.3, -0.25) is 9.79 Å². The first kappa shape index (κ1) is 14.9. The predicted molar refractivity (Wildman–Crippen MR) is 75.1 cm³/mol. The fraction of sp³-hybridized carbons (Fsp3) is 0.733. The van der Waals surface area contributed by atoms with Gasteiger partial charge in [-0.05, 0) is 24.7 Å². The first-order valence-electron chi connectivity index (χ1n) is 6.69. The van der Waals surface area contributed by atoms with Gasteiger partial charge >= 0.3 is 0 Å². The minimum Gasteiger partial charge on any atom is -0.511 e. The molecule has 0 amide bonds. The number of ketones is 1. The van der Waals surface area contributed by atoms with Crippen molar-refractivity contribution in [2.45, 2.75) is 53.9 Å².